The molecular weight excluding hydrogens is 394 g/mol. The maximum absolute atomic E-state index is 12.6. The molecule has 0 amide bonds. The standard InChI is InChI=1S/C21H18ClN3O4/c1-13-10-18(14(2)25(13)11-17-4-3-9-27-17)21(26)28-12-19-23-24-20(29-19)15-5-7-16(22)8-6-15/h3-10H,11-12H2,1-2H3. The first-order valence-corrected chi connectivity index (χ1v) is 9.33. The lowest BCUT2D eigenvalue weighted by molar-refractivity contribution is 0.0437. The number of esters is 1. The molecule has 0 N–H and O–H groups in total. The molecule has 1 aromatic carbocycles. The number of aryl methyl sites for hydroxylation is 1. The summed E-state index contributed by atoms with van der Waals surface area (Å²) in [5.74, 6) is 0.916. The first-order chi connectivity index (χ1) is 14.0. The molecule has 3 heterocycles. The molecule has 7 nitrogen and oxygen atoms in total. The second-order valence-corrected chi connectivity index (χ2v) is 6.97. The Labute approximate surface area is 171 Å². The van der Waals surface area contributed by atoms with Crippen molar-refractivity contribution in [1.82, 2.24) is 14.8 Å². The van der Waals surface area contributed by atoms with Crippen LogP contribution in [0.25, 0.3) is 11.5 Å². The van der Waals surface area contributed by atoms with Crippen LogP contribution >= 0.6 is 11.6 Å². The molecule has 29 heavy (non-hydrogen) atoms. The van der Waals surface area contributed by atoms with Crippen LogP contribution in [0.5, 0.6) is 0 Å². The average Bonchev–Trinajstić information content (AvgIpc) is 3.45. The van der Waals surface area contributed by atoms with Crippen LogP contribution < -0.4 is 0 Å². The van der Waals surface area contributed by atoms with E-state index in [0.29, 0.717) is 23.0 Å². The Hall–Kier alpha value is -3.32. The van der Waals surface area contributed by atoms with Gasteiger partial charge in [0.25, 0.3) is 5.89 Å². The van der Waals surface area contributed by atoms with Crippen LogP contribution in [-0.4, -0.2) is 20.7 Å². The first-order valence-electron chi connectivity index (χ1n) is 8.96. The molecule has 0 spiro atoms. The lowest BCUT2D eigenvalue weighted by atomic mass is 10.2. The average molecular weight is 412 g/mol. The third kappa shape index (κ3) is 4.09. The number of aromatic nitrogens is 3. The lowest BCUT2D eigenvalue weighted by Crippen LogP contribution is -2.08. The largest absolute Gasteiger partial charge is 0.467 e. The molecule has 0 bridgehead atoms. The maximum atomic E-state index is 12.6. The molecule has 0 fully saturated rings. The lowest BCUT2D eigenvalue weighted by Gasteiger charge is -2.07. The Morgan fingerprint density at radius 3 is 2.69 bits per heavy atom. The Kier molecular flexibility index (Phi) is 5.22. The van der Waals surface area contributed by atoms with Crippen molar-refractivity contribution in [3.63, 3.8) is 0 Å². The zero-order chi connectivity index (χ0) is 20.4. The summed E-state index contributed by atoms with van der Waals surface area (Å²) in [7, 11) is 0. The van der Waals surface area contributed by atoms with Gasteiger partial charge in [0.1, 0.15) is 5.76 Å². The number of benzene rings is 1. The fraction of sp³-hybridized carbons (Fsp3) is 0.190. The molecule has 0 atom stereocenters. The summed E-state index contributed by atoms with van der Waals surface area (Å²) < 4.78 is 18.3. The van der Waals surface area contributed by atoms with Gasteiger partial charge < -0.3 is 18.1 Å². The predicted molar refractivity (Wildman–Crippen MR) is 106 cm³/mol. The maximum Gasteiger partial charge on any atom is 0.340 e. The quantitative estimate of drug-likeness (QED) is 0.423. The van der Waals surface area contributed by atoms with Crippen LogP contribution in [0.3, 0.4) is 0 Å². The van der Waals surface area contributed by atoms with Crippen LogP contribution in [-0.2, 0) is 17.9 Å². The van der Waals surface area contributed by atoms with E-state index in [1.807, 2.05) is 30.5 Å². The molecule has 0 aliphatic rings. The molecule has 0 aliphatic heterocycles. The zero-order valence-corrected chi connectivity index (χ0v) is 16.6. The predicted octanol–water partition coefficient (Wildman–Crippen LogP) is 4.81. The number of furan rings is 1. The van der Waals surface area contributed by atoms with Crippen molar-refractivity contribution in [2.24, 2.45) is 0 Å². The van der Waals surface area contributed by atoms with Crippen LogP contribution in [0.1, 0.15) is 33.4 Å². The van der Waals surface area contributed by atoms with Crippen molar-refractivity contribution in [1.29, 1.82) is 0 Å². The summed E-state index contributed by atoms with van der Waals surface area (Å²) in [5, 5.41) is 8.53. The minimum Gasteiger partial charge on any atom is -0.467 e. The summed E-state index contributed by atoms with van der Waals surface area (Å²) >= 11 is 5.88. The number of halogens is 1. The smallest absolute Gasteiger partial charge is 0.340 e. The van der Waals surface area contributed by atoms with Gasteiger partial charge in [-0.2, -0.15) is 0 Å². The summed E-state index contributed by atoms with van der Waals surface area (Å²) in [6.07, 6.45) is 1.63. The van der Waals surface area contributed by atoms with Crippen LogP contribution in [0.4, 0.5) is 0 Å². The van der Waals surface area contributed by atoms with E-state index in [4.69, 9.17) is 25.2 Å². The topological polar surface area (TPSA) is 83.3 Å². The minimum atomic E-state index is -0.449. The van der Waals surface area contributed by atoms with E-state index < -0.39 is 5.97 Å². The molecule has 0 aliphatic carbocycles. The molecule has 0 saturated carbocycles. The Bertz CT molecular complexity index is 1130. The van der Waals surface area contributed by atoms with Crippen molar-refractivity contribution < 1.29 is 18.4 Å². The minimum absolute atomic E-state index is 0.110. The van der Waals surface area contributed by atoms with E-state index >= 15 is 0 Å². The molecule has 0 saturated heterocycles. The van der Waals surface area contributed by atoms with Crippen molar-refractivity contribution in [2.45, 2.75) is 27.0 Å². The molecule has 148 valence electrons. The number of ether oxygens (including phenoxy) is 1. The van der Waals surface area contributed by atoms with E-state index in [1.165, 1.54) is 0 Å². The van der Waals surface area contributed by atoms with Gasteiger partial charge in [-0.25, -0.2) is 4.79 Å². The second kappa shape index (κ2) is 7.97. The van der Waals surface area contributed by atoms with Crippen molar-refractivity contribution >= 4 is 17.6 Å². The van der Waals surface area contributed by atoms with E-state index in [9.17, 15) is 4.79 Å². The molecule has 0 radical (unpaired) electrons. The highest BCUT2D eigenvalue weighted by Gasteiger charge is 2.19. The Morgan fingerprint density at radius 1 is 1.17 bits per heavy atom. The highest BCUT2D eigenvalue weighted by Crippen LogP contribution is 2.22. The number of hydrogen-bond donors (Lipinski definition) is 0. The van der Waals surface area contributed by atoms with Gasteiger partial charge in [0.05, 0.1) is 18.4 Å². The first kappa shape index (κ1) is 19.0. The van der Waals surface area contributed by atoms with Crippen molar-refractivity contribution in [3.8, 4) is 11.5 Å². The Balaban J connectivity index is 1.43. The zero-order valence-electron chi connectivity index (χ0n) is 15.9. The van der Waals surface area contributed by atoms with Crippen LogP contribution in [0.15, 0.2) is 57.6 Å². The summed E-state index contributed by atoms with van der Waals surface area (Å²) in [5.41, 5.74) is 2.97. The van der Waals surface area contributed by atoms with Gasteiger partial charge >= 0.3 is 5.97 Å². The normalized spacial score (nSPS) is 11.0. The van der Waals surface area contributed by atoms with Gasteiger partial charge in [-0.1, -0.05) is 11.6 Å². The highest BCUT2D eigenvalue weighted by molar-refractivity contribution is 6.30. The Morgan fingerprint density at radius 2 is 1.97 bits per heavy atom. The summed E-state index contributed by atoms with van der Waals surface area (Å²) in [6.45, 7) is 4.24. The SMILES string of the molecule is Cc1cc(C(=O)OCc2nnc(-c3ccc(Cl)cc3)o2)c(C)n1Cc1ccco1. The van der Waals surface area contributed by atoms with E-state index in [0.717, 1.165) is 22.7 Å². The molecule has 3 aromatic heterocycles. The van der Waals surface area contributed by atoms with Crippen molar-refractivity contribution in [3.05, 3.63) is 82.4 Å². The monoisotopic (exact) mass is 411 g/mol. The van der Waals surface area contributed by atoms with Gasteiger partial charge in [0.15, 0.2) is 6.61 Å². The number of nitrogens with zero attached hydrogens (tertiary/aromatic N) is 3. The molecule has 8 heteroatoms. The van der Waals surface area contributed by atoms with Gasteiger partial charge in [0, 0.05) is 22.0 Å². The van der Waals surface area contributed by atoms with Crippen LogP contribution in [0.2, 0.25) is 5.02 Å². The summed E-state index contributed by atoms with van der Waals surface area (Å²) in [4.78, 5) is 12.6. The van der Waals surface area contributed by atoms with E-state index in [2.05, 4.69) is 10.2 Å². The van der Waals surface area contributed by atoms with Gasteiger partial charge in [0.2, 0.25) is 5.89 Å². The number of hydrogen-bond acceptors (Lipinski definition) is 6. The van der Waals surface area contributed by atoms with Gasteiger partial charge in [-0.3, -0.25) is 0 Å². The van der Waals surface area contributed by atoms with Crippen LogP contribution in [0, 0.1) is 13.8 Å². The van der Waals surface area contributed by atoms with Crippen molar-refractivity contribution in [2.75, 3.05) is 0 Å². The second-order valence-electron chi connectivity index (χ2n) is 6.53. The van der Waals surface area contributed by atoms with Gasteiger partial charge in [-0.05, 0) is 56.3 Å². The summed E-state index contributed by atoms with van der Waals surface area (Å²) in [6, 6.07) is 12.6. The number of carbonyl (C=O) groups excluding carboxylic acids is 1. The molecule has 4 rings (SSSR count). The molecular formula is C21H18ClN3O4. The molecule has 0 unspecified atom stereocenters. The highest BCUT2D eigenvalue weighted by atomic mass is 35.5. The van der Waals surface area contributed by atoms with E-state index in [1.54, 1.807) is 36.6 Å². The number of rotatable bonds is 6. The van der Waals surface area contributed by atoms with E-state index in [-0.39, 0.29) is 12.5 Å². The fourth-order valence-corrected chi connectivity index (χ4v) is 3.16. The fourth-order valence-electron chi connectivity index (χ4n) is 3.04. The molecule has 4 aromatic rings. The van der Waals surface area contributed by atoms with Gasteiger partial charge in [-0.15, -0.1) is 10.2 Å². The number of carbonyl (C=O) groups is 1. The third-order valence-corrected chi connectivity index (χ3v) is 4.82. The third-order valence-electron chi connectivity index (χ3n) is 4.57.